The summed E-state index contributed by atoms with van der Waals surface area (Å²) < 4.78 is 27.3. The molecule has 0 aliphatic rings. The number of hydrogen-bond acceptors (Lipinski definition) is 2. The third-order valence-electron chi connectivity index (χ3n) is 3.04. The van der Waals surface area contributed by atoms with E-state index in [9.17, 15) is 13.6 Å². The maximum atomic E-state index is 12.8. The maximum Gasteiger partial charge on any atom is 0.278 e. The van der Waals surface area contributed by atoms with Crippen LogP contribution in [-0.4, -0.2) is 28.7 Å². The molecular formula is C15H16ClF2N3O. The number of anilines is 1. The zero-order valence-corrected chi connectivity index (χ0v) is 13.0. The van der Waals surface area contributed by atoms with Crippen molar-refractivity contribution in [3.05, 3.63) is 47.2 Å². The summed E-state index contributed by atoms with van der Waals surface area (Å²) in [5.41, 5.74) is 0.436. The molecule has 7 heteroatoms. The van der Waals surface area contributed by atoms with Crippen molar-refractivity contribution in [3.8, 4) is 0 Å². The smallest absolute Gasteiger partial charge is 0.278 e. The van der Waals surface area contributed by atoms with Crippen LogP contribution in [-0.2, 0) is 0 Å². The Morgan fingerprint density at radius 1 is 1.36 bits per heavy atom. The van der Waals surface area contributed by atoms with Crippen molar-refractivity contribution in [3.63, 3.8) is 0 Å². The van der Waals surface area contributed by atoms with E-state index in [0.29, 0.717) is 10.7 Å². The molecule has 22 heavy (non-hydrogen) atoms. The summed E-state index contributed by atoms with van der Waals surface area (Å²) >= 11 is 5.88. The monoisotopic (exact) mass is 327 g/mol. The van der Waals surface area contributed by atoms with Crippen molar-refractivity contribution >= 4 is 23.2 Å². The van der Waals surface area contributed by atoms with Crippen LogP contribution in [0, 0.1) is 0 Å². The van der Waals surface area contributed by atoms with Crippen molar-refractivity contribution in [1.29, 1.82) is 0 Å². The van der Waals surface area contributed by atoms with E-state index in [0.717, 1.165) is 4.90 Å². The highest BCUT2D eigenvalue weighted by Gasteiger charge is 2.23. The SMILES string of the molecule is CC(C)n1ccc(C(=O)N(CC(F)F)c2cccc(Cl)c2)n1. The van der Waals surface area contributed by atoms with Gasteiger partial charge in [0.1, 0.15) is 0 Å². The lowest BCUT2D eigenvalue weighted by molar-refractivity contribution is 0.0940. The Hall–Kier alpha value is -1.95. The summed E-state index contributed by atoms with van der Waals surface area (Å²) in [6, 6.07) is 7.86. The van der Waals surface area contributed by atoms with Crippen molar-refractivity contribution in [2.75, 3.05) is 11.4 Å². The van der Waals surface area contributed by atoms with E-state index in [1.54, 1.807) is 29.1 Å². The van der Waals surface area contributed by atoms with Crippen molar-refractivity contribution in [2.24, 2.45) is 0 Å². The Morgan fingerprint density at radius 3 is 2.64 bits per heavy atom. The zero-order valence-electron chi connectivity index (χ0n) is 12.2. The molecule has 1 aromatic carbocycles. The Labute approximate surface area is 132 Å². The molecule has 2 rings (SSSR count). The molecular weight excluding hydrogens is 312 g/mol. The summed E-state index contributed by atoms with van der Waals surface area (Å²) in [6.07, 6.45) is -1.01. The predicted molar refractivity (Wildman–Crippen MR) is 81.7 cm³/mol. The topological polar surface area (TPSA) is 38.1 Å². The fraction of sp³-hybridized carbons (Fsp3) is 0.333. The number of aromatic nitrogens is 2. The third kappa shape index (κ3) is 3.82. The molecule has 0 fully saturated rings. The van der Waals surface area contributed by atoms with Gasteiger partial charge in [0.15, 0.2) is 5.69 Å². The first-order valence-electron chi connectivity index (χ1n) is 6.79. The number of amides is 1. The molecule has 0 saturated carbocycles. The minimum absolute atomic E-state index is 0.0799. The molecule has 1 heterocycles. The largest absolute Gasteiger partial charge is 0.301 e. The van der Waals surface area contributed by atoms with Gasteiger partial charge in [-0.3, -0.25) is 9.48 Å². The number of alkyl halides is 2. The minimum Gasteiger partial charge on any atom is -0.301 e. The molecule has 1 aromatic heterocycles. The third-order valence-corrected chi connectivity index (χ3v) is 3.28. The number of hydrogen-bond donors (Lipinski definition) is 0. The standard InChI is InChI=1S/C15H16ClF2N3O/c1-10(2)21-7-6-13(19-21)15(22)20(9-14(17)18)12-5-3-4-11(16)8-12/h3-8,10,14H,9H2,1-2H3. The average molecular weight is 328 g/mol. The number of carbonyl (C=O) groups is 1. The van der Waals surface area contributed by atoms with E-state index in [4.69, 9.17) is 11.6 Å². The van der Waals surface area contributed by atoms with E-state index in [1.807, 2.05) is 13.8 Å². The van der Waals surface area contributed by atoms with Crippen LogP contribution in [0.2, 0.25) is 5.02 Å². The highest BCUT2D eigenvalue weighted by Crippen LogP contribution is 2.22. The molecule has 4 nitrogen and oxygen atoms in total. The van der Waals surface area contributed by atoms with Crippen molar-refractivity contribution in [1.82, 2.24) is 9.78 Å². The van der Waals surface area contributed by atoms with Crippen molar-refractivity contribution < 1.29 is 13.6 Å². The second-order valence-corrected chi connectivity index (χ2v) is 5.50. The van der Waals surface area contributed by atoms with Gasteiger partial charge in [0.2, 0.25) is 0 Å². The molecule has 0 saturated heterocycles. The molecule has 0 unspecified atom stereocenters. The predicted octanol–water partition coefficient (Wildman–Crippen LogP) is 4.03. The first-order chi connectivity index (χ1) is 10.4. The van der Waals surface area contributed by atoms with Crippen LogP contribution in [0.25, 0.3) is 0 Å². The number of nitrogens with zero attached hydrogens (tertiary/aromatic N) is 3. The number of rotatable bonds is 5. The Balaban J connectivity index is 2.33. The highest BCUT2D eigenvalue weighted by atomic mass is 35.5. The molecule has 0 aliphatic carbocycles. The average Bonchev–Trinajstić information content (AvgIpc) is 2.94. The molecule has 0 bridgehead atoms. The van der Waals surface area contributed by atoms with E-state index in [1.165, 1.54) is 12.1 Å². The van der Waals surface area contributed by atoms with Crippen LogP contribution >= 0.6 is 11.6 Å². The molecule has 0 radical (unpaired) electrons. The Bertz CT molecular complexity index is 658. The maximum absolute atomic E-state index is 12.8. The lowest BCUT2D eigenvalue weighted by Crippen LogP contribution is -2.35. The van der Waals surface area contributed by atoms with Gasteiger partial charge in [-0.25, -0.2) is 8.78 Å². The molecule has 0 aliphatic heterocycles. The molecule has 118 valence electrons. The van der Waals surface area contributed by atoms with Gasteiger partial charge < -0.3 is 4.90 Å². The van der Waals surface area contributed by atoms with Gasteiger partial charge in [-0.1, -0.05) is 17.7 Å². The number of carbonyl (C=O) groups excluding carboxylic acids is 1. The normalized spacial score (nSPS) is 11.2. The van der Waals surface area contributed by atoms with Gasteiger partial charge in [0, 0.05) is 22.9 Å². The van der Waals surface area contributed by atoms with Gasteiger partial charge in [0.25, 0.3) is 12.3 Å². The van der Waals surface area contributed by atoms with Crippen LogP contribution in [0.5, 0.6) is 0 Å². The first-order valence-corrected chi connectivity index (χ1v) is 7.17. The Morgan fingerprint density at radius 2 is 2.09 bits per heavy atom. The van der Waals surface area contributed by atoms with Crippen LogP contribution in [0.3, 0.4) is 0 Å². The van der Waals surface area contributed by atoms with Gasteiger partial charge >= 0.3 is 0 Å². The van der Waals surface area contributed by atoms with Crippen LogP contribution in [0.15, 0.2) is 36.5 Å². The van der Waals surface area contributed by atoms with Crippen LogP contribution in [0.1, 0.15) is 30.4 Å². The van der Waals surface area contributed by atoms with Gasteiger partial charge in [-0.15, -0.1) is 0 Å². The van der Waals surface area contributed by atoms with E-state index < -0.39 is 18.9 Å². The minimum atomic E-state index is -2.66. The molecule has 1 amide bonds. The molecule has 2 aromatic rings. The molecule has 0 spiro atoms. The summed E-state index contributed by atoms with van der Waals surface area (Å²) in [5.74, 6) is -0.582. The Kier molecular flexibility index (Phi) is 5.13. The fourth-order valence-corrected chi connectivity index (χ4v) is 2.15. The van der Waals surface area contributed by atoms with E-state index >= 15 is 0 Å². The van der Waals surface area contributed by atoms with Crippen LogP contribution in [0.4, 0.5) is 14.5 Å². The quantitative estimate of drug-likeness (QED) is 0.831. The second-order valence-electron chi connectivity index (χ2n) is 5.06. The summed E-state index contributed by atoms with van der Waals surface area (Å²) in [4.78, 5) is 13.5. The number of benzene rings is 1. The lowest BCUT2D eigenvalue weighted by Gasteiger charge is -2.21. The highest BCUT2D eigenvalue weighted by molar-refractivity contribution is 6.31. The number of halogens is 3. The molecule has 0 N–H and O–H groups in total. The lowest BCUT2D eigenvalue weighted by atomic mass is 10.2. The van der Waals surface area contributed by atoms with Gasteiger partial charge in [-0.05, 0) is 38.1 Å². The van der Waals surface area contributed by atoms with E-state index in [-0.39, 0.29) is 11.7 Å². The fourth-order valence-electron chi connectivity index (χ4n) is 1.97. The van der Waals surface area contributed by atoms with Crippen molar-refractivity contribution in [2.45, 2.75) is 26.3 Å². The summed E-state index contributed by atoms with van der Waals surface area (Å²) in [5, 5.41) is 4.51. The summed E-state index contributed by atoms with van der Waals surface area (Å²) in [6.45, 7) is 3.11. The van der Waals surface area contributed by atoms with Gasteiger partial charge in [0.05, 0.1) is 6.54 Å². The molecule has 0 atom stereocenters. The summed E-state index contributed by atoms with van der Waals surface area (Å²) in [7, 11) is 0. The second kappa shape index (κ2) is 6.87. The van der Waals surface area contributed by atoms with Gasteiger partial charge in [-0.2, -0.15) is 5.10 Å². The zero-order chi connectivity index (χ0) is 16.3. The van der Waals surface area contributed by atoms with Crippen LogP contribution < -0.4 is 4.90 Å². The van der Waals surface area contributed by atoms with E-state index in [2.05, 4.69) is 5.10 Å². The first kappa shape index (κ1) is 16.4.